The van der Waals surface area contributed by atoms with Gasteiger partial charge in [-0.1, -0.05) is 0 Å². The van der Waals surface area contributed by atoms with E-state index in [4.69, 9.17) is 4.42 Å². The molecule has 0 aliphatic heterocycles. The molecule has 0 spiro atoms. The van der Waals surface area contributed by atoms with Crippen LogP contribution in [-0.2, 0) is 6.42 Å². The molecule has 7 heteroatoms. The van der Waals surface area contributed by atoms with Gasteiger partial charge in [0.1, 0.15) is 5.76 Å². The lowest BCUT2D eigenvalue weighted by molar-refractivity contribution is 0.500. The maximum Gasteiger partial charge on any atom is 0.195 e. The Bertz CT molecular complexity index is 522. The van der Waals surface area contributed by atoms with Crippen molar-refractivity contribution in [1.82, 2.24) is 8.75 Å². The molecule has 2 aromatic heterocycles. The highest BCUT2D eigenvalue weighted by Crippen LogP contribution is 2.19. The number of aryl methyl sites for hydroxylation is 1. The summed E-state index contributed by atoms with van der Waals surface area (Å²) in [4.78, 5) is 1.97. The topological polar surface area (TPSA) is 66.2 Å². The zero-order valence-electron chi connectivity index (χ0n) is 12.1. The SMILES string of the molecule is CNc1nsnc1NCCCCc1ccc(N(C)C)o1. The van der Waals surface area contributed by atoms with Gasteiger partial charge in [-0.25, -0.2) is 0 Å². The van der Waals surface area contributed by atoms with Crippen LogP contribution in [0.2, 0.25) is 0 Å². The Hall–Kier alpha value is -1.76. The summed E-state index contributed by atoms with van der Waals surface area (Å²) < 4.78 is 14.0. The zero-order valence-corrected chi connectivity index (χ0v) is 13.0. The Morgan fingerprint density at radius 2 is 2.00 bits per heavy atom. The van der Waals surface area contributed by atoms with Gasteiger partial charge in [0.2, 0.25) is 0 Å². The largest absolute Gasteiger partial charge is 0.446 e. The van der Waals surface area contributed by atoms with Crippen molar-refractivity contribution in [2.45, 2.75) is 19.3 Å². The monoisotopic (exact) mass is 295 g/mol. The number of nitrogens with zero attached hydrogens (tertiary/aromatic N) is 3. The molecule has 6 nitrogen and oxygen atoms in total. The number of anilines is 3. The van der Waals surface area contributed by atoms with Gasteiger partial charge in [-0.05, 0) is 18.9 Å². The number of nitrogens with one attached hydrogen (secondary N) is 2. The van der Waals surface area contributed by atoms with Crippen LogP contribution < -0.4 is 15.5 Å². The highest BCUT2D eigenvalue weighted by Gasteiger charge is 2.05. The predicted octanol–water partition coefficient (Wildman–Crippen LogP) is 2.67. The van der Waals surface area contributed by atoms with Gasteiger partial charge in [-0.2, -0.15) is 8.75 Å². The van der Waals surface area contributed by atoms with Crippen LogP contribution in [-0.4, -0.2) is 36.4 Å². The van der Waals surface area contributed by atoms with Crippen LogP contribution in [0.25, 0.3) is 0 Å². The van der Waals surface area contributed by atoms with Crippen LogP contribution in [0, 0.1) is 0 Å². The molecule has 0 aliphatic carbocycles. The van der Waals surface area contributed by atoms with Crippen molar-refractivity contribution in [2.24, 2.45) is 0 Å². The molecule has 0 saturated carbocycles. The van der Waals surface area contributed by atoms with Crippen molar-refractivity contribution < 1.29 is 4.42 Å². The fourth-order valence-corrected chi connectivity index (χ4v) is 2.37. The smallest absolute Gasteiger partial charge is 0.195 e. The van der Waals surface area contributed by atoms with Crippen molar-refractivity contribution in [3.63, 3.8) is 0 Å². The molecular weight excluding hydrogens is 274 g/mol. The highest BCUT2D eigenvalue weighted by atomic mass is 32.1. The summed E-state index contributed by atoms with van der Waals surface area (Å²) in [6.07, 6.45) is 3.11. The number of furan rings is 1. The molecule has 0 radical (unpaired) electrons. The van der Waals surface area contributed by atoms with E-state index in [0.717, 1.165) is 49.1 Å². The summed E-state index contributed by atoms with van der Waals surface area (Å²) in [5.41, 5.74) is 0. The maximum absolute atomic E-state index is 5.71. The molecule has 0 fully saturated rings. The van der Waals surface area contributed by atoms with E-state index in [0.29, 0.717) is 0 Å². The summed E-state index contributed by atoms with van der Waals surface area (Å²) in [5.74, 6) is 3.60. The van der Waals surface area contributed by atoms with Crippen molar-refractivity contribution in [2.75, 3.05) is 43.2 Å². The second kappa shape index (κ2) is 7.14. The molecule has 2 rings (SSSR count). The number of aromatic nitrogens is 2. The van der Waals surface area contributed by atoms with E-state index in [1.807, 2.05) is 38.2 Å². The Morgan fingerprint density at radius 1 is 1.20 bits per heavy atom. The molecule has 0 saturated heterocycles. The van der Waals surface area contributed by atoms with Crippen molar-refractivity contribution >= 4 is 29.2 Å². The number of hydrogen-bond donors (Lipinski definition) is 2. The first kappa shape index (κ1) is 14.6. The van der Waals surface area contributed by atoms with Gasteiger partial charge in [0.05, 0.1) is 11.7 Å². The van der Waals surface area contributed by atoms with Gasteiger partial charge in [0.25, 0.3) is 0 Å². The zero-order chi connectivity index (χ0) is 14.4. The average Bonchev–Trinajstić information content (AvgIpc) is 3.06. The van der Waals surface area contributed by atoms with Crippen molar-refractivity contribution in [3.05, 3.63) is 17.9 Å². The first-order valence-electron chi connectivity index (χ1n) is 6.71. The minimum absolute atomic E-state index is 0.816. The van der Waals surface area contributed by atoms with Crippen molar-refractivity contribution in [1.29, 1.82) is 0 Å². The third kappa shape index (κ3) is 3.86. The van der Waals surface area contributed by atoms with Crippen LogP contribution in [0.1, 0.15) is 18.6 Å². The van der Waals surface area contributed by atoms with Gasteiger partial charge in [0.15, 0.2) is 17.5 Å². The van der Waals surface area contributed by atoms with Crippen LogP contribution in [0.4, 0.5) is 17.5 Å². The molecule has 0 bridgehead atoms. The maximum atomic E-state index is 5.71. The summed E-state index contributed by atoms with van der Waals surface area (Å²) in [6, 6.07) is 4.06. The summed E-state index contributed by atoms with van der Waals surface area (Å²) >= 11 is 1.21. The lowest BCUT2D eigenvalue weighted by Crippen LogP contribution is -2.06. The van der Waals surface area contributed by atoms with Gasteiger partial charge < -0.3 is 20.0 Å². The number of unbranched alkanes of at least 4 members (excludes halogenated alkanes) is 1. The van der Waals surface area contributed by atoms with Gasteiger partial charge in [-0.15, -0.1) is 0 Å². The van der Waals surface area contributed by atoms with E-state index in [1.54, 1.807) is 0 Å². The summed E-state index contributed by atoms with van der Waals surface area (Å²) in [5, 5.41) is 6.30. The fourth-order valence-electron chi connectivity index (χ4n) is 1.84. The Morgan fingerprint density at radius 3 is 2.70 bits per heavy atom. The molecule has 110 valence electrons. The highest BCUT2D eigenvalue weighted by molar-refractivity contribution is 6.99. The lowest BCUT2D eigenvalue weighted by atomic mass is 10.2. The quantitative estimate of drug-likeness (QED) is 0.730. The summed E-state index contributed by atoms with van der Waals surface area (Å²) in [7, 11) is 5.81. The van der Waals surface area contributed by atoms with Crippen molar-refractivity contribution in [3.8, 4) is 0 Å². The fraction of sp³-hybridized carbons (Fsp3) is 0.538. The standard InChI is InChI=1S/C13H21N5OS/c1-14-12-13(17-20-16-12)15-9-5-4-6-10-7-8-11(19-10)18(2)3/h7-8H,4-6,9H2,1-3H3,(H,14,16)(H,15,17). The molecule has 20 heavy (non-hydrogen) atoms. The molecule has 2 N–H and O–H groups in total. The first-order chi connectivity index (χ1) is 9.70. The normalized spacial score (nSPS) is 10.6. The Balaban J connectivity index is 1.66. The Labute approximate surface area is 123 Å². The van der Waals surface area contributed by atoms with E-state index in [-0.39, 0.29) is 0 Å². The minimum Gasteiger partial charge on any atom is -0.446 e. The van der Waals surface area contributed by atoms with Gasteiger partial charge in [0, 0.05) is 40.2 Å². The van der Waals surface area contributed by atoms with E-state index in [1.165, 1.54) is 11.7 Å². The molecule has 0 amide bonds. The molecular formula is C13H21N5OS. The first-order valence-corrected chi connectivity index (χ1v) is 7.44. The second-order valence-corrected chi connectivity index (χ2v) is 5.26. The number of rotatable bonds is 8. The van der Waals surface area contributed by atoms with E-state index >= 15 is 0 Å². The molecule has 0 aromatic carbocycles. The molecule has 0 aliphatic rings. The van der Waals surface area contributed by atoms with E-state index in [9.17, 15) is 0 Å². The molecule has 2 aromatic rings. The molecule has 0 unspecified atom stereocenters. The van der Waals surface area contributed by atoms with Crippen LogP contribution >= 0.6 is 11.7 Å². The van der Waals surface area contributed by atoms with Gasteiger partial charge in [-0.3, -0.25) is 0 Å². The van der Waals surface area contributed by atoms with E-state index in [2.05, 4.69) is 19.4 Å². The molecule has 2 heterocycles. The average molecular weight is 295 g/mol. The second-order valence-electron chi connectivity index (χ2n) is 4.73. The third-order valence-corrected chi connectivity index (χ3v) is 3.48. The number of hydrogen-bond acceptors (Lipinski definition) is 7. The molecule has 0 atom stereocenters. The van der Waals surface area contributed by atoms with Crippen LogP contribution in [0.15, 0.2) is 16.5 Å². The predicted molar refractivity (Wildman–Crippen MR) is 83.9 cm³/mol. The lowest BCUT2D eigenvalue weighted by Gasteiger charge is -2.07. The Kier molecular flexibility index (Phi) is 5.23. The van der Waals surface area contributed by atoms with E-state index < -0.39 is 0 Å². The third-order valence-electron chi connectivity index (χ3n) is 2.96. The van der Waals surface area contributed by atoms with Gasteiger partial charge >= 0.3 is 0 Å². The minimum atomic E-state index is 0.816. The van der Waals surface area contributed by atoms with Crippen LogP contribution in [0.3, 0.4) is 0 Å². The van der Waals surface area contributed by atoms with Crippen LogP contribution in [0.5, 0.6) is 0 Å². The summed E-state index contributed by atoms with van der Waals surface area (Å²) in [6.45, 7) is 0.890.